The van der Waals surface area contributed by atoms with Crippen LogP contribution in [0.4, 0.5) is 5.69 Å². The predicted molar refractivity (Wildman–Crippen MR) is 88.2 cm³/mol. The lowest BCUT2D eigenvalue weighted by atomic mass is 10.0. The van der Waals surface area contributed by atoms with Crippen molar-refractivity contribution in [1.29, 1.82) is 0 Å². The number of nitrogens with one attached hydrogen (secondary N) is 1. The van der Waals surface area contributed by atoms with E-state index in [2.05, 4.69) is 76.0 Å². The van der Waals surface area contributed by atoms with Gasteiger partial charge in [0.15, 0.2) is 0 Å². The van der Waals surface area contributed by atoms with Crippen molar-refractivity contribution in [3.63, 3.8) is 0 Å². The van der Waals surface area contributed by atoms with Crippen molar-refractivity contribution >= 4 is 5.69 Å². The first kappa shape index (κ1) is 15.4. The number of nitrogens with zero attached hydrogens (tertiary/aromatic N) is 1. The summed E-state index contributed by atoms with van der Waals surface area (Å²) in [5.41, 5.74) is 3.52. The highest BCUT2D eigenvalue weighted by molar-refractivity contribution is 5.47. The molecule has 1 fully saturated rings. The Morgan fingerprint density at radius 1 is 0.950 bits per heavy atom. The monoisotopic (exact) mass is 274 g/mol. The van der Waals surface area contributed by atoms with Crippen LogP contribution in [0.5, 0.6) is 0 Å². The zero-order valence-corrected chi connectivity index (χ0v) is 14.0. The quantitative estimate of drug-likeness (QED) is 0.841. The number of hydrogen-bond donors (Lipinski definition) is 1. The van der Waals surface area contributed by atoms with Gasteiger partial charge >= 0.3 is 0 Å². The second kappa shape index (κ2) is 5.40. The van der Waals surface area contributed by atoms with E-state index in [1.165, 1.54) is 11.3 Å². The number of benzene rings is 1. The minimum atomic E-state index is 0.411. The average molecular weight is 274 g/mol. The summed E-state index contributed by atoms with van der Waals surface area (Å²) in [6, 6.07) is 9.62. The molecule has 2 nitrogen and oxygen atoms in total. The van der Waals surface area contributed by atoms with Crippen LogP contribution in [-0.2, 0) is 6.54 Å². The first-order valence-corrected chi connectivity index (χ1v) is 7.91. The van der Waals surface area contributed by atoms with Crippen LogP contribution in [0.3, 0.4) is 0 Å². The van der Waals surface area contributed by atoms with Crippen molar-refractivity contribution in [3.05, 3.63) is 29.8 Å². The van der Waals surface area contributed by atoms with Crippen LogP contribution in [-0.4, -0.2) is 19.1 Å². The molecule has 0 saturated heterocycles. The lowest BCUT2D eigenvalue weighted by Gasteiger charge is -2.21. The van der Waals surface area contributed by atoms with Gasteiger partial charge < -0.3 is 10.2 Å². The number of anilines is 1. The summed E-state index contributed by atoms with van der Waals surface area (Å²) in [4.78, 5) is 2.38. The second-order valence-electron chi connectivity index (χ2n) is 7.10. The zero-order valence-electron chi connectivity index (χ0n) is 14.0. The fourth-order valence-corrected chi connectivity index (χ4v) is 3.34. The molecule has 1 aromatic rings. The summed E-state index contributed by atoms with van der Waals surface area (Å²) < 4.78 is 0. The van der Waals surface area contributed by atoms with Crippen molar-refractivity contribution < 1.29 is 0 Å². The second-order valence-corrected chi connectivity index (χ2v) is 7.10. The van der Waals surface area contributed by atoms with Crippen LogP contribution in [0.25, 0.3) is 0 Å². The van der Waals surface area contributed by atoms with E-state index in [1.807, 2.05) is 0 Å². The molecule has 1 aromatic carbocycles. The van der Waals surface area contributed by atoms with Gasteiger partial charge in [0.25, 0.3) is 0 Å². The van der Waals surface area contributed by atoms with Crippen LogP contribution in [0.2, 0.25) is 0 Å². The highest BCUT2D eigenvalue weighted by Crippen LogP contribution is 2.62. The molecule has 0 atom stereocenters. The van der Waals surface area contributed by atoms with Crippen molar-refractivity contribution in [1.82, 2.24) is 5.32 Å². The summed E-state index contributed by atoms with van der Waals surface area (Å²) in [6.07, 6.45) is 0. The molecule has 20 heavy (non-hydrogen) atoms. The van der Waals surface area contributed by atoms with Crippen LogP contribution in [0, 0.1) is 10.8 Å². The molecule has 0 bridgehead atoms. The molecule has 2 rings (SSSR count). The highest BCUT2D eigenvalue weighted by atomic mass is 15.1. The van der Waals surface area contributed by atoms with Crippen molar-refractivity contribution in [2.24, 2.45) is 10.8 Å². The molecule has 1 N–H and O–H groups in total. The SMILES string of the molecule is CCN(CC)c1ccc(CNC2C(C)(C)C2(C)C)cc1. The molecule has 112 valence electrons. The van der Waals surface area contributed by atoms with E-state index in [0.717, 1.165) is 19.6 Å². The Morgan fingerprint density at radius 3 is 1.85 bits per heavy atom. The minimum Gasteiger partial charge on any atom is -0.372 e. The molecular weight excluding hydrogens is 244 g/mol. The Morgan fingerprint density at radius 2 is 1.45 bits per heavy atom. The van der Waals surface area contributed by atoms with Gasteiger partial charge in [0.05, 0.1) is 0 Å². The molecule has 0 unspecified atom stereocenters. The Labute approximate surface area is 124 Å². The molecule has 0 amide bonds. The fraction of sp³-hybridized carbons (Fsp3) is 0.667. The average Bonchev–Trinajstić information content (AvgIpc) is 2.80. The normalized spacial score (nSPS) is 19.9. The van der Waals surface area contributed by atoms with E-state index in [0.29, 0.717) is 16.9 Å². The van der Waals surface area contributed by atoms with Crippen molar-refractivity contribution in [3.8, 4) is 0 Å². The van der Waals surface area contributed by atoms with E-state index >= 15 is 0 Å². The van der Waals surface area contributed by atoms with Crippen molar-refractivity contribution in [2.75, 3.05) is 18.0 Å². The van der Waals surface area contributed by atoms with Gasteiger partial charge in [0, 0.05) is 31.4 Å². The number of rotatable bonds is 6. The molecule has 0 aromatic heterocycles. The van der Waals surface area contributed by atoms with Crippen LogP contribution in [0.1, 0.15) is 47.1 Å². The molecule has 0 spiro atoms. The summed E-state index contributed by atoms with van der Waals surface area (Å²) in [5, 5.41) is 3.72. The standard InChI is InChI=1S/C18H30N2/c1-7-20(8-2)15-11-9-14(10-12-15)13-19-16-17(3,4)18(16,5)6/h9-12,16,19H,7-8,13H2,1-6H3. The summed E-state index contributed by atoms with van der Waals surface area (Å²) >= 11 is 0. The van der Waals surface area contributed by atoms with Gasteiger partial charge in [0.2, 0.25) is 0 Å². The Hall–Kier alpha value is -1.02. The summed E-state index contributed by atoms with van der Waals surface area (Å²) in [7, 11) is 0. The van der Waals surface area contributed by atoms with E-state index < -0.39 is 0 Å². The molecule has 1 aliphatic carbocycles. The summed E-state index contributed by atoms with van der Waals surface area (Å²) in [5.74, 6) is 0. The maximum absolute atomic E-state index is 3.72. The third-order valence-corrected chi connectivity index (χ3v) is 5.60. The molecule has 2 heteroatoms. The maximum atomic E-state index is 3.72. The van der Waals surface area contributed by atoms with Crippen molar-refractivity contribution in [2.45, 2.75) is 54.1 Å². The summed E-state index contributed by atoms with van der Waals surface area (Å²) in [6.45, 7) is 16.9. The third-order valence-electron chi connectivity index (χ3n) is 5.60. The molecule has 0 heterocycles. The van der Waals surface area contributed by atoms with E-state index in [9.17, 15) is 0 Å². The zero-order chi connectivity index (χ0) is 15.0. The van der Waals surface area contributed by atoms with Crippen LogP contribution >= 0.6 is 0 Å². The van der Waals surface area contributed by atoms with E-state index in [4.69, 9.17) is 0 Å². The van der Waals surface area contributed by atoms with Gasteiger partial charge in [-0.05, 0) is 42.4 Å². The lowest BCUT2D eigenvalue weighted by Crippen LogP contribution is -2.23. The van der Waals surface area contributed by atoms with Gasteiger partial charge in [-0.1, -0.05) is 39.8 Å². The Balaban J connectivity index is 1.92. The number of hydrogen-bond acceptors (Lipinski definition) is 2. The van der Waals surface area contributed by atoms with Gasteiger partial charge in [-0.2, -0.15) is 0 Å². The third kappa shape index (κ3) is 2.58. The van der Waals surface area contributed by atoms with Gasteiger partial charge in [-0.25, -0.2) is 0 Å². The molecule has 0 aliphatic heterocycles. The molecular formula is C18H30N2. The van der Waals surface area contributed by atoms with E-state index in [-0.39, 0.29) is 0 Å². The smallest absolute Gasteiger partial charge is 0.0366 e. The fourth-order valence-electron chi connectivity index (χ4n) is 3.34. The lowest BCUT2D eigenvalue weighted by molar-refractivity contribution is 0.457. The Bertz CT molecular complexity index is 427. The molecule has 1 saturated carbocycles. The minimum absolute atomic E-state index is 0.411. The van der Waals surface area contributed by atoms with Crippen LogP contribution in [0.15, 0.2) is 24.3 Å². The Kier molecular flexibility index (Phi) is 4.15. The first-order valence-electron chi connectivity index (χ1n) is 7.91. The van der Waals surface area contributed by atoms with Gasteiger partial charge in [0.1, 0.15) is 0 Å². The predicted octanol–water partition coefficient (Wildman–Crippen LogP) is 4.06. The maximum Gasteiger partial charge on any atom is 0.0366 e. The topological polar surface area (TPSA) is 15.3 Å². The van der Waals surface area contributed by atoms with Gasteiger partial charge in [-0.3, -0.25) is 0 Å². The molecule has 1 aliphatic rings. The van der Waals surface area contributed by atoms with Gasteiger partial charge in [-0.15, -0.1) is 0 Å². The van der Waals surface area contributed by atoms with E-state index in [1.54, 1.807) is 0 Å². The largest absolute Gasteiger partial charge is 0.372 e. The highest BCUT2D eigenvalue weighted by Gasteiger charge is 2.64. The van der Waals surface area contributed by atoms with Crippen LogP contribution < -0.4 is 10.2 Å². The first-order chi connectivity index (χ1) is 9.34. The molecule has 0 radical (unpaired) electrons.